The van der Waals surface area contributed by atoms with Gasteiger partial charge in [0, 0.05) is 5.69 Å². The number of carbonyl (C=O) groups is 1. The van der Waals surface area contributed by atoms with Crippen LogP contribution in [0.2, 0.25) is 0 Å². The number of nitrogens with zero attached hydrogens (tertiary/aromatic N) is 4. The van der Waals surface area contributed by atoms with E-state index in [4.69, 9.17) is 0 Å². The summed E-state index contributed by atoms with van der Waals surface area (Å²) in [6, 6.07) is 21.2. The highest BCUT2D eigenvalue weighted by Gasteiger charge is 2.19. The van der Waals surface area contributed by atoms with Gasteiger partial charge in [-0.05, 0) is 61.7 Å². The van der Waals surface area contributed by atoms with E-state index in [0.717, 1.165) is 27.8 Å². The number of nitrogens with one attached hydrogen (secondary N) is 1. The van der Waals surface area contributed by atoms with Gasteiger partial charge in [0.25, 0.3) is 11.5 Å². The van der Waals surface area contributed by atoms with Gasteiger partial charge in [-0.15, -0.1) is 5.10 Å². The van der Waals surface area contributed by atoms with Crippen molar-refractivity contribution in [3.8, 4) is 0 Å². The highest BCUT2D eigenvalue weighted by molar-refractivity contribution is 6.02. The van der Waals surface area contributed by atoms with Gasteiger partial charge in [0.2, 0.25) is 11.5 Å². The van der Waals surface area contributed by atoms with Crippen LogP contribution in [-0.4, -0.2) is 25.1 Å². The van der Waals surface area contributed by atoms with Crippen molar-refractivity contribution in [2.75, 3.05) is 5.32 Å². The molecule has 5 rings (SSSR count). The fraction of sp³-hybridized carbons (Fsp3) is 0.154. The van der Waals surface area contributed by atoms with Gasteiger partial charge in [-0.25, -0.2) is 4.52 Å². The molecule has 0 bridgehead atoms. The Morgan fingerprint density at radius 2 is 1.64 bits per heavy atom. The maximum absolute atomic E-state index is 13.5. The predicted molar refractivity (Wildman–Crippen MR) is 129 cm³/mol. The van der Waals surface area contributed by atoms with Crippen LogP contribution < -0.4 is 10.9 Å². The van der Waals surface area contributed by atoms with Gasteiger partial charge in [0.1, 0.15) is 0 Å². The van der Waals surface area contributed by atoms with Crippen molar-refractivity contribution in [1.29, 1.82) is 0 Å². The Hall–Kier alpha value is -4.26. The molecule has 7 nitrogen and oxygen atoms in total. The summed E-state index contributed by atoms with van der Waals surface area (Å²) in [6.07, 6.45) is 0. The average Bonchev–Trinajstić information content (AvgIpc) is 3.25. The molecule has 3 aromatic carbocycles. The minimum absolute atomic E-state index is 0.0526. The number of benzene rings is 3. The second-order valence-electron chi connectivity index (χ2n) is 8.30. The molecule has 1 N–H and O–H groups in total. The first-order valence-corrected chi connectivity index (χ1v) is 10.7. The first-order chi connectivity index (χ1) is 15.9. The number of anilines is 1. The van der Waals surface area contributed by atoms with E-state index in [1.54, 1.807) is 4.57 Å². The van der Waals surface area contributed by atoms with Gasteiger partial charge in [0.15, 0.2) is 0 Å². The molecule has 0 spiro atoms. The predicted octanol–water partition coefficient (Wildman–Crippen LogP) is 4.27. The van der Waals surface area contributed by atoms with Gasteiger partial charge in [0.05, 0.1) is 17.6 Å². The maximum Gasteiger partial charge on any atom is 0.296 e. The van der Waals surface area contributed by atoms with Crippen molar-refractivity contribution >= 4 is 28.3 Å². The highest BCUT2D eigenvalue weighted by atomic mass is 16.2. The van der Waals surface area contributed by atoms with Crippen LogP contribution >= 0.6 is 0 Å². The zero-order chi connectivity index (χ0) is 23.1. The Bertz CT molecular complexity index is 1580. The second kappa shape index (κ2) is 8.02. The van der Waals surface area contributed by atoms with Crippen LogP contribution in [0.3, 0.4) is 0 Å². The Kier molecular flexibility index (Phi) is 5.01. The minimum Gasteiger partial charge on any atom is -0.319 e. The summed E-state index contributed by atoms with van der Waals surface area (Å²) in [4.78, 5) is 30.7. The second-order valence-corrected chi connectivity index (χ2v) is 8.30. The molecule has 0 saturated carbocycles. The lowest BCUT2D eigenvalue weighted by Crippen LogP contribution is -2.24. The third-order valence-electron chi connectivity index (χ3n) is 5.80. The number of aromatic nitrogens is 4. The molecule has 1 amide bonds. The fourth-order valence-corrected chi connectivity index (χ4v) is 3.91. The van der Waals surface area contributed by atoms with Crippen molar-refractivity contribution in [2.24, 2.45) is 0 Å². The van der Waals surface area contributed by atoms with E-state index in [0.29, 0.717) is 17.7 Å². The standard InChI is InChI=1S/C26H23N5O2/c1-16-8-11-20(12-9-16)27-25(32)23-28-24-26(33)30(15-19-7-5-4-6-18(19)3)22-14-17(2)10-13-21(22)31(24)29-23/h4-14H,15H2,1-3H3,(H,27,32). The van der Waals surface area contributed by atoms with Gasteiger partial charge in [-0.3, -0.25) is 14.2 Å². The number of hydrogen-bond acceptors (Lipinski definition) is 4. The summed E-state index contributed by atoms with van der Waals surface area (Å²) in [5.41, 5.74) is 6.19. The van der Waals surface area contributed by atoms with Gasteiger partial charge < -0.3 is 5.32 Å². The Morgan fingerprint density at radius 3 is 2.39 bits per heavy atom. The summed E-state index contributed by atoms with van der Waals surface area (Å²) >= 11 is 0. The molecule has 0 radical (unpaired) electrons. The molecule has 0 aliphatic heterocycles. The number of carbonyl (C=O) groups excluding carboxylic acids is 1. The molecule has 0 saturated heterocycles. The summed E-state index contributed by atoms with van der Waals surface area (Å²) in [5, 5.41) is 7.19. The molecular formula is C26H23N5O2. The Labute approximate surface area is 190 Å². The first-order valence-electron chi connectivity index (χ1n) is 10.7. The zero-order valence-electron chi connectivity index (χ0n) is 18.7. The van der Waals surface area contributed by atoms with Crippen LogP contribution in [0.5, 0.6) is 0 Å². The van der Waals surface area contributed by atoms with E-state index in [-0.39, 0.29) is 17.0 Å². The molecule has 0 aliphatic rings. The van der Waals surface area contributed by atoms with Crippen LogP contribution in [0, 0.1) is 20.8 Å². The van der Waals surface area contributed by atoms with Crippen LogP contribution in [0.25, 0.3) is 16.7 Å². The van der Waals surface area contributed by atoms with Gasteiger partial charge >= 0.3 is 0 Å². The molecule has 33 heavy (non-hydrogen) atoms. The monoisotopic (exact) mass is 437 g/mol. The molecule has 5 aromatic rings. The van der Waals surface area contributed by atoms with Crippen molar-refractivity contribution < 1.29 is 4.79 Å². The topological polar surface area (TPSA) is 81.3 Å². The quantitative estimate of drug-likeness (QED) is 0.455. The van der Waals surface area contributed by atoms with E-state index in [1.165, 1.54) is 4.52 Å². The van der Waals surface area contributed by atoms with E-state index in [1.807, 2.05) is 87.5 Å². The Morgan fingerprint density at radius 1 is 0.909 bits per heavy atom. The third-order valence-corrected chi connectivity index (χ3v) is 5.80. The van der Waals surface area contributed by atoms with E-state index in [9.17, 15) is 9.59 Å². The Balaban J connectivity index is 1.65. The summed E-state index contributed by atoms with van der Waals surface area (Å²) in [6.45, 7) is 6.38. The normalized spacial score (nSPS) is 11.2. The molecule has 0 unspecified atom stereocenters. The summed E-state index contributed by atoms with van der Waals surface area (Å²) < 4.78 is 3.17. The number of amides is 1. The smallest absolute Gasteiger partial charge is 0.296 e. The molecule has 0 aliphatic carbocycles. The largest absolute Gasteiger partial charge is 0.319 e. The molecule has 164 valence electrons. The molecule has 0 atom stereocenters. The van der Waals surface area contributed by atoms with Crippen molar-refractivity contribution in [2.45, 2.75) is 27.3 Å². The molecular weight excluding hydrogens is 414 g/mol. The summed E-state index contributed by atoms with van der Waals surface area (Å²) in [7, 11) is 0. The number of hydrogen-bond donors (Lipinski definition) is 1. The first kappa shape index (κ1) is 20.6. The third kappa shape index (κ3) is 3.78. The molecule has 2 heterocycles. The number of rotatable bonds is 4. The van der Waals surface area contributed by atoms with E-state index in [2.05, 4.69) is 15.4 Å². The van der Waals surface area contributed by atoms with Crippen molar-refractivity contribution in [3.63, 3.8) is 0 Å². The number of fused-ring (bicyclic) bond motifs is 3. The minimum atomic E-state index is -0.465. The molecule has 0 fully saturated rings. The average molecular weight is 438 g/mol. The van der Waals surface area contributed by atoms with Crippen LogP contribution in [0.4, 0.5) is 5.69 Å². The van der Waals surface area contributed by atoms with Crippen LogP contribution in [-0.2, 0) is 6.54 Å². The summed E-state index contributed by atoms with van der Waals surface area (Å²) in [5.74, 6) is -0.518. The highest BCUT2D eigenvalue weighted by Crippen LogP contribution is 2.19. The van der Waals surface area contributed by atoms with Crippen LogP contribution in [0.1, 0.15) is 32.9 Å². The van der Waals surface area contributed by atoms with Gasteiger partial charge in [-0.2, -0.15) is 4.98 Å². The SMILES string of the molecule is Cc1ccc(NC(=O)c2nc3c(=O)n(Cc4ccccc4C)c4cc(C)ccc4n3n2)cc1. The van der Waals surface area contributed by atoms with Gasteiger partial charge in [-0.1, -0.05) is 48.0 Å². The molecule has 2 aromatic heterocycles. The van der Waals surface area contributed by atoms with E-state index < -0.39 is 5.91 Å². The molecule has 7 heteroatoms. The lowest BCUT2D eigenvalue weighted by molar-refractivity contribution is 0.101. The maximum atomic E-state index is 13.5. The lowest BCUT2D eigenvalue weighted by Gasteiger charge is -2.13. The fourth-order valence-electron chi connectivity index (χ4n) is 3.91. The zero-order valence-corrected chi connectivity index (χ0v) is 18.7. The number of aryl methyl sites for hydroxylation is 3. The van der Waals surface area contributed by atoms with E-state index >= 15 is 0 Å². The van der Waals surface area contributed by atoms with Crippen LogP contribution in [0.15, 0.2) is 71.5 Å². The van der Waals surface area contributed by atoms with Crippen molar-refractivity contribution in [3.05, 3.63) is 105 Å². The lowest BCUT2D eigenvalue weighted by atomic mass is 10.1. The van der Waals surface area contributed by atoms with Crippen molar-refractivity contribution in [1.82, 2.24) is 19.2 Å².